The van der Waals surface area contributed by atoms with Crippen molar-refractivity contribution >= 4 is 11.8 Å². The van der Waals surface area contributed by atoms with Crippen LogP contribution in [0.5, 0.6) is 0 Å². The number of carbonyl (C=O) groups is 2. The lowest BCUT2D eigenvalue weighted by molar-refractivity contribution is -0.146. The third-order valence-corrected chi connectivity index (χ3v) is 2.36. The maximum Gasteiger partial charge on any atom is 0.405 e. The number of alkyl halides is 3. The molecule has 0 bridgehead atoms. The Hall–Kier alpha value is -1.31. The van der Waals surface area contributed by atoms with Gasteiger partial charge in [0.15, 0.2) is 0 Å². The average molecular weight is 284 g/mol. The smallest absolute Gasteiger partial charge is 0.393 e. The number of carbonyl (C=O) groups excluding carboxylic acids is 2. The van der Waals surface area contributed by atoms with Crippen molar-refractivity contribution in [3.63, 3.8) is 0 Å². The van der Waals surface area contributed by atoms with E-state index in [2.05, 4.69) is 5.32 Å². The van der Waals surface area contributed by atoms with Crippen LogP contribution in [0.25, 0.3) is 0 Å². The topological polar surface area (TPSA) is 78.4 Å². The van der Waals surface area contributed by atoms with Gasteiger partial charge in [-0.1, -0.05) is 20.8 Å². The van der Waals surface area contributed by atoms with Crippen molar-refractivity contribution in [1.29, 1.82) is 0 Å². The zero-order chi connectivity index (χ0) is 15.3. The van der Waals surface area contributed by atoms with E-state index < -0.39 is 30.6 Å². The number of halogens is 3. The predicted molar refractivity (Wildman–Crippen MR) is 62.2 cm³/mol. The zero-order valence-corrected chi connectivity index (χ0v) is 11.1. The summed E-state index contributed by atoms with van der Waals surface area (Å²) in [6.45, 7) is 3.86. The molecule has 0 unspecified atom stereocenters. The van der Waals surface area contributed by atoms with E-state index in [0.29, 0.717) is 0 Å². The summed E-state index contributed by atoms with van der Waals surface area (Å²) in [6.07, 6.45) is -5.04. The first-order chi connectivity index (χ1) is 8.43. The zero-order valence-electron chi connectivity index (χ0n) is 11.1. The highest BCUT2D eigenvalue weighted by molar-refractivity contribution is 6.35. The second-order valence-corrected chi connectivity index (χ2v) is 5.22. The third kappa shape index (κ3) is 8.41. The summed E-state index contributed by atoms with van der Waals surface area (Å²) in [6, 6.07) is 0. The van der Waals surface area contributed by atoms with Crippen molar-refractivity contribution in [2.45, 2.75) is 39.5 Å². The molecule has 0 radical (unpaired) electrons. The van der Waals surface area contributed by atoms with E-state index in [0.717, 1.165) is 0 Å². The molecule has 0 saturated carbocycles. The van der Waals surface area contributed by atoms with Gasteiger partial charge in [-0.2, -0.15) is 13.2 Å². The van der Waals surface area contributed by atoms with Gasteiger partial charge >= 0.3 is 18.0 Å². The Balaban J connectivity index is 3.96. The summed E-state index contributed by atoms with van der Waals surface area (Å²) in [5.41, 5.74) is -0.372. The number of hydrogen-bond donors (Lipinski definition) is 3. The second-order valence-electron chi connectivity index (χ2n) is 5.22. The molecule has 0 spiro atoms. The molecule has 0 saturated heterocycles. The molecule has 19 heavy (non-hydrogen) atoms. The number of nitrogens with one attached hydrogen (secondary N) is 2. The van der Waals surface area contributed by atoms with Gasteiger partial charge in [-0.15, -0.1) is 0 Å². The van der Waals surface area contributed by atoms with Crippen LogP contribution in [0.1, 0.15) is 27.2 Å². The van der Waals surface area contributed by atoms with Gasteiger partial charge in [-0.05, 0) is 11.8 Å². The largest absolute Gasteiger partial charge is 0.405 e. The number of aliphatic hydroxyl groups excluding tert-OH is 1. The minimum atomic E-state index is -4.56. The van der Waals surface area contributed by atoms with Crippen LogP contribution >= 0.6 is 0 Å². The molecule has 0 aromatic carbocycles. The highest BCUT2D eigenvalue weighted by Crippen LogP contribution is 2.20. The van der Waals surface area contributed by atoms with Crippen molar-refractivity contribution in [2.24, 2.45) is 5.41 Å². The molecule has 0 heterocycles. The minimum absolute atomic E-state index is 0.0106. The van der Waals surface area contributed by atoms with Gasteiger partial charge in [0.1, 0.15) is 6.54 Å². The Morgan fingerprint density at radius 1 is 1.11 bits per heavy atom. The van der Waals surface area contributed by atoms with E-state index in [9.17, 15) is 27.9 Å². The standard InChI is InChI=1S/C11H19F3N2O3/c1-10(2,3)7(17)4-5-15-8(18)9(19)16-6-11(12,13)14/h7,17H,4-6H2,1-3H3,(H,15,18)(H,16,19)/t7-/m0/s1. The molecule has 0 rings (SSSR count). The number of amides is 2. The van der Waals surface area contributed by atoms with Gasteiger partial charge in [-0.25, -0.2) is 0 Å². The molecule has 3 N–H and O–H groups in total. The SMILES string of the molecule is CC(C)(C)[C@@H](O)CCNC(=O)C(=O)NCC(F)(F)F. The van der Waals surface area contributed by atoms with Crippen LogP contribution in [0.4, 0.5) is 13.2 Å². The van der Waals surface area contributed by atoms with E-state index in [1.165, 1.54) is 5.32 Å². The molecular formula is C11H19F3N2O3. The van der Waals surface area contributed by atoms with Crippen molar-refractivity contribution in [1.82, 2.24) is 10.6 Å². The van der Waals surface area contributed by atoms with Gasteiger partial charge < -0.3 is 15.7 Å². The predicted octanol–water partition coefficient (Wildman–Crippen LogP) is 0.578. The number of aliphatic hydroxyl groups is 1. The summed E-state index contributed by atoms with van der Waals surface area (Å²) in [5, 5.41) is 13.2. The third-order valence-electron chi connectivity index (χ3n) is 2.36. The molecule has 1 atom stereocenters. The number of hydrogen-bond acceptors (Lipinski definition) is 3. The van der Waals surface area contributed by atoms with Crippen LogP contribution in [-0.4, -0.2) is 42.3 Å². The molecule has 0 aromatic heterocycles. The highest BCUT2D eigenvalue weighted by Gasteiger charge is 2.29. The van der Waals surface area contributed by atoms with Crippen molar-refractivity contribution in [3.05, 3.63) is 0 Å². The first-order valence-corrected chi connectivity index (χ1v) is 5.74. The first-order valence-electron chi connectivity index (χ1n) is 5.74. The fourth-order valence-corrected chi connectivity index (χ4v) is 1.10. The van der Waals surface area contributed by atoms with Gasteiger partial charge in [0.2, 0.25) is 0 Å². The first kappa shape index (κ1) is 17.7. The maximum absolute atomic E-state index is 11.8. The van der Waals surface area contributed by atoms with Gasteiger partial charge in [0.05, 0.1) is 6.10 Å². The highest BCUT2D eigenvalue weighted by atomic mass is 19.4. The Labute approximate surface area is 109 Å². The Morgan fingerprint density at radius 2 is 1.58 bits per heavy atom. The lowest BCUT2D eigenvalue weighted by Crippen LogP contribution is -2.44. The molecule has 2 amide bonds. The van der Waals surface area contributed by atoms with Crippen LogP contribution in [0.2, 0.25) is 0 Å². The Morgan fingerprint density at radius 3 is 2.00 bits per heavy atom. The van der Waals surface area contributed by atoms with E-state index >= 15 is 0 Å². The van der Waals surface area contributed by atoms with Crippen molar-refractivity contribution < 1.29 is 27.9 Å². The molecule has 0 fully saturated rings. The molecule has 5 nitrogen and oxygen atoms in total. The van der Waals surface area contributed by atoms with E-state index in [-0.39, 0.29) is 18.4 Å². The van der Waals surface area contributed by atoms with Crippen LogP contribution in [0, 0.1) is 5.41 Å². The fourth-order valence-electron chi connectivity index (χ4n) is 1.10. The monoisotopic (exact) mass is 284 g/mol. The summed E-state index contributed by atoms with van der Waals surface area (Å²) < 4.78 is 35.4. The van der Waals surface area contributed by atoms with Gasteiger partial charge in [-0.3, -0.25) is 9.59 Å². The summed E-state index contributed by atoms with van der Waals surface area (Å²) in [4.78, 5) is 22.1. The van der Waals surface area contributed by atoms with Crippen LogP contribution in [0.3, 0.4) is 0 Å². The van der Waals surface area contributed by atoms with Gasteiger partial charge in [0.25, 0.3) is 0 Å². The average Bonchev–Trinajstić information content (AvgIpc) is 2.23. The van der Waals surface area contributed by atoms with Crippen LogP contribution < -0.4 is 10.6 Å². The maximum atomic E-state index is 11.8. The van der Waals surface area contributed by atoms with Crippen molar-refractivity contribution in [3.8, 4) is 0 Å². The normalized spacial score (nSPS) is 13.8. The molecule has 112 valence electrons. The summed E-state index contributed by atoms with van der Waals surface area (Å²) in [5.74, 6) is -2.49. The van der Waals surface area contributed by atoms with E-state index in [1.807, 2.05) is 0 Å². The van der Waals surface area contributed by atoms with E-state index in [1.54, 1.807) is 20.8 Å². The lowest BCUT2D eigenvalue weighted by atomic mass is 9.87. The molecule has 8 heteroatoms. The molecule has 0 aliphatic carbocycles. The van der Waals surface area contributed by atoms with Crippen molar-refractivity contribution in [2.75, 3.05) is 13.1 Å². The molecule has 0 aliphatic heterocycles. The van der Waals surface area contributed by atoms with Crippen LogP contribution in [-0.2, 0) is 9.59 Å². The summed E-state index contributed by atoms with van der Waals surface area (Å²) >= 11 is 0. The number of rotatable bonds is 4. The fraction of sp³-hybridized carbons (Fsp3) is 0.818. The molecule has 0 aliphatic rings. The Kier molecular flexibility index (Phi) is 6.28. The quantitative estimate of drug-likeness (QED) is 0.661. The molecular weight excluding hydrogens is 265 g/mol. The summed E-state index contributed by atoms with van der Waals surface area (Å²) in [7, 11) is 0. The molecule has 0 aromatic rings. The van der Waals surface area contributed by atoms with Crippen LogP contribution in [0.15, 0.2) is 0 Å². The Bertz CT molecular complexity index is 324. The van der Waals surface area contributed by atoms with Gasteiger partial charge in [0, 0.05) is 6.54 Å². The lowest BCUT2D eigenvalue weighted by Gasteiger charge is -2.25. The second kappa shape index (κ2) is 6.74. The minimum Gasteiger partial charge on any atom is -0.393 e. The van der Waals surface area contributed by atoms with E-state index in [4.69, 9.17) is 0 Å².